The molecule has 2 aromatic rings. The summed E-state index contributed by atoms with van der Waals surface area (Å²) in [7, 11) is 0. The third-order valence-corrected chi connectivity index (χ3v) is 4.57. The number of nitrogens with one attached hydrogen (secondary N) is 1. The van der Waals surface area contributed by atoms with E-state index in [1.54, 1.807) is 48.5 Å². The number of ether oxygens (including phenoxy) is 1. The predicted molar refractivity (Wildman–Crippen MR) is 110 cm³/mol. The molecule has 0 aliphatic carbocycles. The van der Waals surface area contributed by atoms with Crippen LogP contribution in [-0.4, -0.2) is 35.5 Å². The van der Waals surface area contributed by atoms with Gasteiger partial charge in [-0.25, -0.2) is 4.79 Å². The molecule has 150 valence electrons. The molecule has 2 aromatic carbocycles. The topological polar surface area (TPSA) is 75.6 Å². The predicted octanol–water partition coefficient (Wildman–Crippen LogP) is 4.57. The molecule has 0 radical (unpaired) electrons. The van der Waals surface area contributed by atoms with Gasteiger partial charge in [-0.15, -0.1) is 0 Å². The van der Waals surface area contributed by atoms with Gasteiger partial charge in [0.15, 0.2) is 11.4 Å². The number of ketones is 1. The van der Waals surface area contributed by atoms with Crippen LogP contribution in [0.15, 0.2) is 48.5 Å². The third kappa shape index (κ3) is 6.66. The van der Waals surface area contributed by atoms with Crippen molar-refractivity contribution in [2.75, 3.05) is 13.1 Å². The highest BCUT2D eigenvalue weighted by molar-refractivity contribution is 6.30. The molecular formula is C22H26ClNO4. The van der Waals surface area contributed by atoms with E-state index in [9.17, 15) is 9.59 Å². The number of halogens is 1. The van der Waals surface area contributed by atoms with Crippen molar-refractivity contribution >= 4 is 23.4 Å². The van der Waals surface area contributed by atoms with Crippen LogP contribution >= 0.6 is 11.6 Å². The zero-order valence-corrected chi connectivity index (χ0v) is 17.0. The molecule has 2 N–H and O–H groups in total. The van der Waals surface area contributed by atoms with E-state index in [1.165, 1.54) is 46.2 Å². The van der Waals surface area contributed by atoms with Gasteiger partial charge in [-0.2, -0.15) is 0 Å². The summed E-state index contributed by atoms with van der Waals surface area (Å²) in [4.78, 5) is 23.3. The van der Waals surface area contributed by atoms with E-state index in [1.807, 2.05) is 0 Å². The van der Waals surface area contributed by atoms with E-state index in [4.69, 9.17) is 21.4 Å². The van der Waals surface area contributed by atoms with Gasteiger partial charge in [0.05, 0.1) is 0 Å². The lowest BCUT2D eigenvalue weighted by molar-refractivity contribution is -0.152. The second-order valence-electron chi connectivity index (χ2n) is 7.09. The van der Waals surface area contributed by atoms with Crippen LogP contribution in [0, 0.1) is 0 Å². The summed E-state index contributed by atoms with van der Waals surface area (Å²) in [5, 5.41) is 12.9. The van der Waals surface area contributed by atoms with E-state index in [0.29, 0.717) is 21.9 Å². The van der Waals surface area contributed by atoms with Gasteiger partial charge < -0.3 is 15.2 Å². The number of aliphatic carboxylic acids is 1. The highest BCUT2D eigenvalue weighted by Crippen LogP contribution is 2.21. The molecule has 0 spiro atoms. The smallest absolute Gasteiger partial charge is 0.347 e. The largest absolute Gasteiger partial charge is 0.478 e. The Balaban J connectivity index is 0.000000397. The second kappa shape index (κ2) is 10.2. The standard InChI is InChI=1S/C17H15ClO4.C5H11N/c1-17(2,16(20)21)22-14-9-5-12(6-10-14)15(19)11-3-7-13(18)8-4-11;1-2-4-6-5-3-1/h3-10H,1-2H3,(H,20,21);6H,1-5H2. The van der Waals surface area contributed by atoms with Gasteiger partial charge in [-0.1, -0.05) is 18.0 Å². The zero-order chi connectivity index (χ0) is 20.6. The number of rotatable bonds is 5. The first kappa shape index (κ1) is 21.9. The molecular weight excluding hydrogens is 378 g/mol. The number of piperidine rings is 1. The molecule has 28 heavy (non-hydrogen) atoms. The van der Waals surface area contributed by atoms with Crippen molar-refractivity contribution < 1.29 is 19.4 Å². The van der Waals surface area contributed by atoms with Crippen LogP contribution in [0.4, 0.5) is 0 Å². The Kier molecular flexibility index (Phi) is 8.03. The van der Waals surface area contributed by atoms with Crippen molar-refractivity contribution in [3.63, 3.8) is 0 Å². The van der Waals surface area contributed by atoms with Gasteiger partial charge >= 0.3 is 5.97 Å². The van der Waals surface area contributed by atoms with Crippen molar-refractivity contribution in [2.45, 2.75) is 38.7 Å². The van der Waals surface area contributed by atoms with Crippen LogP contribution in [0.1, 0.15) is 49.0 Å². The van der Waals surface area contributed by atoms with Crippen molar-refractivity contribution in [3.05, 3.63) is 64.7 Å². The number of carboxylic acids is 1. The van der Waals surface area contributed by atoms with Crippen LogP contribution in [0.3, 0.4) is 0 Å². The van der Waals surface area contributed by atoms with Crippen molar-refractivity contribution in [2.24, 2.45) is 0 Å². The van der Waals surface area contributed by atoms with E-state index in [-0.39, 0.29) is 5.78 Å². The average Bonchev–Trinajstić information content (AvgIpc) is 2.70. The Hall–Kier alpha value is -2.37. The lowest BCUT2D eigenvalue weighted by Gasteiger charge is -2.21. The first-order valence-corrected chi connectivity index (χ1v) is 9.71. The summed E-state index contributed by atoms with van der Waals surface area (Å²) in [5.74, 6) is -0.811. The normalized spacial score (nSPS) is 13.8. The molecule has 1 saturated heterocycles. The number of benzene rings is 2. The van der Waals surface area contributed by atoms with Gasteiger partial charge in [0, 0.05) is 16.1 Å². The van der Waals surface area contributed by atoms with Gasteiger partial charge in [0.2, 0.25) is 0 Å². The molecule has 3 rings (SSSR count). The molecule has 0 aromatic heterocycles. The molecule has 0 atom stereocenters. The Morgan fingerprint density at radius 1 is 0.929 bits per heavy atom. The Morgan fingerprint density at radius 3 is 1.82 bits per heavy atom. The highest BCUT2D eigenvalue weighted by Gasteiger charge is 2.29. The maximum absolute atomic E-state index is 12.3. The summed E-state index contributed by atoms with van der Waals surface area (Å²) >= 11 is 5.79. The van der Waals surface area contributed by atoms with Crippen LogP contribution in [0.25, 0.3) is 0 Å². The third-order valence-electron chi connectivity index (χ3n) is 4.32. The molecule has 1 fully saturated rings. The number of carboxylic acid groups (broad SMARTS) is 1. The number of carbonyl (C=O) groups excluding carboxylic acids is 1. The van der Waals surface area contributed by atoms with Crippen molar-refractivity contribution in [3.8, 4) is 5.75 Å². The first-order valence-electron chi connectivity index (χ1n) is 9.33. The van der Waals surface area contributed by atoms with E-state index < -0.39 is 11.6 Å². The summed E-state index contributed by atoms with van der Waals surface area (Å²) < 4.78 is 5.39. The average molecular weight is 404 g/mol. The molecule has 6 heteroatoms. The molecule has 5 nitrogen and oxygen atoms in total. The van der Waals surface area contributed by atoms with Crippen LogP contribution in [0.5, 0.6) is 5.75 Å². The maximum Gasteiger partial charge on any atom is 0.347 e. The summed E-state index contributed by atoms with van der Waals surface area (Å²) in [6, 6.07) is 13.0. The van der Waals surface area contributed by atoms with Crippen molar-refractivity contribution in [1.29, 1.82) is 0 Å². The number of carbonyl (C=O) groups is 2. The Bertz CT molecular complexity index is 770. The SMILES string of the molecule is C1CCNCC1.CC(C)(Oc1ccc(C(=O)c2ccc(Cl)cc2)cc1)C(=O)O. The minimum atomic E-state index is -1.33. The van der Waals surface area contributed by atoms with Gasteiger partial charge in [-0.3, -0.25) is 4.79 Å². The zero-order valence-electron chi connectivity index (χ0n) is 16.2. The van der Waals surface area contributed by atoms with Crippen molar-refractivity contribution in [1.82, 2.24) is 5.32 Å². The molecule has 0 unspecified atom stereocenters. The van der Waals surface area contributed by atoms with E-state index >= 15 is 0 Å². The van der Waals surface area contributed by atoms with E-state index in [2.05, 4.69) is 5.32 Å². The van der Waals surface area contributed by atoms with Crippen LogP contribution in [0.2, 0.25) is 5.02 Å². The fraction of sp³-hybridized carbons (Fsp3) is 0.364. The summed E-state index contributed by atoms with van der Waals surface area (Å²) in [6.07, 6.45) is 4.22. The molecule has 0 bridgehead atoms. The minimum absolute atomic E-state index is 0.138. The highest BCUT2D eigenvalue weighted by atomic mass is 35.5. The fourth-order valence-electron chi connectivity index (χ4n) is 2.58. The first-order chi connectivity index (χ1) is 13.3. The summed E-state index contributed by atoms with van der Waals surface area (Å²) in [5.41, 5.74) is -0.312. The minimum Gasteiger partial charge on any atom is -0.478 e. The molecule has 1 aliphatic heterocycles. The lowest BCUT2D eigenvalue weighted by atomic mass is 10.0. The van der Waals surface area contributed by atoms with Crippen LogP contribution < -0.4 is 10.1 Å². The number of hydrogen-bond donors (Lipinski definition) is 2. The quantitative estimate of drug-likeness (QED) is 0.715. The Labute approximate surface area is 170 Å². The monoisotopic (exact) mass is 403 g/mol. The summed E-state index contributed by atoms with van der Waals surface area (Å²) in [6.45, 7) is 5.42. The number of hydrogen-bond acceptors (Lipinski definition) is 4. The fourth-order valence-corrected chi connectivity index (χ4v) is 2.71. The maximum atomic E-state index is 12.3. The van der Waals surface area contributed by atoms with Gasteiger partial charge in [-0.05, 0) is 88.3 Å². The van der Waals surface area contributed by atoms with Gasteiger partial charge in [0.1, 0.15) is 5.75 Å². The molecule has 1 aliphatic rings. The Morgan fingerprint density at radius 2 is 1.43 bits per heavy atom. The van der Waals surface area contributed by atoms with Gasteiger partial charge in [0.25, 0.3) is 0 Å². The molecule has 0 amide bonds. The molecule has 1 heterocycles. The van der Waals surface area contributed by atoms with E-state index in [0.717, 1.165) is 0 Å². The van der Waals surface area contributed by atoms with Crippen LogP contribution in [-0.2, 0) is 4.79 Å². The second-order valence-corrected chi connectivity index (χ2v) is 7.53. The molecule has 0 saturated carbocycles. The lowest BCUT2D eigenvalue weighted by Crippen LogP contribution is -2.37.